The number of carbonyl (C=O) groups excluding carboxylic acids is 2. The molecule has 1 heterocycles. The third kappa shape index (κ3) is 4.73. The molecule has 1 N–H and O–H groups in total. The SMILES string of the molecule is Cc1ccc(OCC(=O)Nc2ccc3c(c2)CCC3)c(C(=O)c2cc(C#N)c(=O)n(C3CC3)c2)c1. The lowest BCUT2D eigenvalue weighted by Crippen LogP contribution is -2.24. The molecule has 0 radical (unpaired) electrons. The molecule has 0 aliphatic heterocycles. The lowest BCUT2D eigenvalue weighted by molar-refractivity contribution is -0.118. The zero-order valence-corrected chi connectivity index (χ0v) is 19.5. The monoisotopic (exact) mass is 467 g/mol. The maximum atomic E-state index is 13.4. The number of anilines is 1. The van der Waals surface area contributed by atoms with Crippen LogP contribution >= 0.6 is 0 Å². The second-order valence-corrected chi connectivity index (χ2v) is 9.20. The van der Waals surface area contributed by atoms with Gasteiger partial charge in [-0.1, -0.05) is 17.7 Å². The highest BCUT2D eigenvalue weighted by Crippen LogP contribution is 2.34. The second-order valence-electron chi connectivity index (χ2n) is 9.20. The van der Waals surface area contributed by atoms with E-state index in [1.165, 1.54) is 28.0 Å². The molecule has 0 atom stereocenters. The summed E-state index contributed by atoms with van der Waals surface area (Å²) in [5.41, 5.74) is 4.24. The number of rotatable bonds is 7. The average Bonchev–Trinajstić information content (AvgIpc) is 3.59. The molecule has 0 saturated heterocycles. The number of benzene rings is 2. The van der Waals surface area contributed by atoms with Crippen molar-refractivity contribution in [3.05, 3.63) is 92.4 Å². The summed E-state index contributed by atoms with van der Waals surface area (Å²) in [6.07, 6.45) is 6.45. The highest BCUT2D eigenvalue weighted by Gasteiger charge is 2.27. The third-order valence-corrected chi connectivity index (χ3v) is 6.49. The molecular formula is C28H25N3O4. The first-order chi connectivity index (χ1) is 16.9. The summed E-state index contributed by atoms with van der Waals surface area (Å²) in [4.78, 5) is 38.5. The first-order valence-electron chi connectivity index (χ1n) is 11.8. The molecule has 0 unspecified atom stereocenters. The van der Waals surface area contributed by atoms with Crippen LogP contribution in [0.15, 0.2) is 53.5 Å². The van der Waals surface area contributed by atoms with Crippen LogP contribution in [0.1, 0.15) is 63.5 Å². The molecule has 2 aliphatic carbocycles. The van der Waals surface area contributed by atoms with Crippen LogP contribution in [-0.4, -0.2) is 22.9 Å². The number of aryl methyl sites for hydroxylation is 3. The van der Waals surface area contributed by atoms with Crippen molar-refractivity contribution in [2.24, 2.45) is 0 Å². The number of hydrogen-bond donors (Lipinski definition) is 1. The fourth-order valence-electron chi connectivity index (χ4n) is 4.52. The van der Waals surface area contributed by atoms with E-state index in [0.717, 1.165) is 43.4 Å². The molecule has 1 saturated carbocycles. The number of aromatic nitrogens is 1. The molecule has 7 heteroatoms. The van der Waals surface area contributed by atoms with E-state index in [9.17, 15) is 19.6 Å². The summed E-state index contributed by atoms with van der Waals surface area (Å²) in [5.74, 6) is -0.419. The Kier molecular flexibility index (Phi) is 5.96. The lowest BCUT2D eigenvalue weighted by Gasteiger charge is -2.13. The third-order valence-electron chi connectivity index (χ3n) is 6.49. The Morgan fingerprint density at radius 2 is 1.91 bits per heavy atom. The maximum absolute atomic E-state index is 13.4. The number of pyridine rings is 1. The number of nitrogens with one attached hydrogen (secondary N) is 1. The molecule has 7 nitrogen and oxygen atoms in total. The number of ether oxygens (including phenoxy) is 1. The molecular weight excluding hydrogens is 442 g/mol. The van der Waals surface area contributed by atoms with Gasteiger partial charge >= 0.3 is 0 Å². The normalized spacial score (nSPS) is 14.2. The summed E-state index contributed by atoms with van der Waals surface area (Å²) in [6.45, 7) is 1.60. The van der Waals surface area contributed by atoms with Crippen LogP contribution in [0.3, 0.4) is 0 Å². The topological polar surface area (TPSA) is 101 Å². The molecule has 5 rings (SSSR count). The van der Waals surface area contributed by atoms with Gasteiger partial charge in [0.1, 0.15) is 17.4 Å². The number of ketones is 1. The van der Waals surface area contributed by atoms with Gasteiger partial charge < -0.3 is 14.6 Å². The molecule has 2 aromatic carbocycles. The Hall–Kier alpha value is -4.18. The predicted octanol–water partition coefficient (Wildman–Crippen LogP) is 4.10. The Morgan fingerprint density at radius 3 is 2.69 bits per heavy atom. The van der Waals surface area contributed by atoms with Crippen molar-refractivity contribution in [3.8, 4) is 11.8 Å². The highest BCUT2D eigenvalue weighted by molar-refractivity contribution is 6.11. The molecule has 1 aromatic heterocycles. The number of nitrogens with zero attached hydrogens (tertiary/aromatic N) is 2. The van der Waals surface area contributed by atoms with E-state index >= 15 is 0 Å². The predicted molar refractivity (Wildman–Crippen MR) is 131 cm³/mol. The zero-order valence-electron chi connectivity index (χ0n) is 19.5. The van der Waals surface area contributed by atoms with E-state index in [4.69, 9.17) is 4.74 Å². The summed E-state index contributed by atoms with van der Waals surface area (Å²) in [5, 5.41) is 12.3. The van der Waals surface area contributed by atoms with Crippen LogP contribution < -0.4 is 15.6 Å². The van der Waals surface area contributed by atoms with Crippen LogP contribution in [0.2, 0.25) is 0 Å². The van der Waals surface area contributed by atoms with Crippen LogP contribution in [0, 0.1) is 18.3 Å². The molecule has 35 heavy (non-hydrogen) atoms. The van der Waals surface area contributed by atoms with E-state index < -0.39 is 0 Å². The van der Waals surface area contributed by atoms with Gasteiger partial charge in [-0.3, -0.25) is 14.4 Å². The first kappa shape index (κ1) is 22.6. The Balaban J connectivity index is 1.35. The van der Waals surface area contributed by atoms with Gasteiger partial charge in [0.05, 0.1) is 5.56 Å². The van der Waals surface area contributed by atoms with Crippen molar-refractivity contribution in [1.29, 1.82) is 5.26 Å². The molecule has 0 spiro atoms. The van der Waals surface area contributed by atoms with Gasteiger partial charge in [0.25, 0.3) is 11.5 Å². The zero-order chi connectivity index (χ0) is 24.5. The quantitative estimate of drug-likeness (QED) is 0.527. The maximum Gasteiger partial charge on any atom is 0.268 e. The number of nitriles is 1. The van der Waals surface area contributed by atoms with E-state index in [1.54, 1.807) is 18.2 Å². The Labute approximate surface area is 203 Å². The van der Waals surface area contributed by atoms with Crippen molar-refractivity contribution in [3.63, 3.8) is 0 Å². The minimum Gasteiger partial charge on any atom is -0.483 e. The van der Waals surface area contributed by atoms with Crippen LogP contribution in [-0.2, 0) is 17.6 Å². The second kappa shape index (κ2) is 9.22. The molecule has 176 valence electrons. The van der Waals surface area contributed by atoms with Crippen molar-refractivity contribution in [2.45, 2.75) is 45.1 Å². The molecule has 1 fully saturated rings. The van der Waals surface area contributed by atoms with Gasteiger partial charge in [0.2, 0.25) is 0 Å². The Bertz CT molecular complexity index is 1440. The number of fused-ring (bicyclic) bond motifs is 1. The van der Waals surface area contributed by atoms with E-state index in [2.05, 4.69) is 5.32 Å². The number of amides is 1. The molecule has 1 amide bonds. The van der Waals surface area contributed by atoms with Gasteiger partial charge in [-0.25, -0.2) is 0 Å². The summed E-state index contributed by atoms with van der Waals surface area (Å²) in [6, 6.07) is 14.4. The first-order valence-corrected chi connectivity index (χ1v) is 11.8. The van der Waals surface area contributed by atoms with Crippen molar-refractivity contribution in [2.75, 3.05) is 11.9 Å². The molecule has 3 aromatic rings. The van der Waals surface area contributed by atoms with Crippen molar-refractivity contribution in [1.82, 2.24) is 4.57 Å². The van der Waals surface area contributed by atoms with Crippen LogP contribution in [0.4, 0.5) is 5.69 Å². The molecule has 2 aliphatic rings. The van der Waals surface area contributed by atoms with Crippen molar-refractivity contribution < 1.29 is 14.3 Å². The largest absolute Gasteiger partial charge is 0.483 e. The van der Waals surface area contributed by atoms with Gasteiger partial charge in [-0.15, -0.1) is 0 Å². The molecule has 0 bridgehead atoms. The smallest absolute Gasteiger partial charge is 0.268 e. The minimum atomic E-state index is -0.379. The minimum absolute atomic E-state index is 0.0264. The van der Waals surface area contributed by atoms with Crippen LogP contribution in [0.5, 0.6) is 5.75 Å². The average molecular weight is 468 g/mol. The lowest BCUT2D eigenvalue weighted by atomic mass is 10.0. The number of carbonyl (C=O) groups is 2. The van der Waals surface area contributed by atoms with Gasteiger partial charge in [0, 0.05) is 23.5 Å². The van der Waals surface area contributed by atoms with Crippen molar-refractivity contribution >= 4 is 17.4 Å². The fraction of sp³-hybridized carbons (Fsp3) is 0.286. The van der Waals surface area contributed by atoms with E-state index in [1.807, 2.05) is 31.2 Å². The van der Waals surface area contributed by atoms with Gasteiger partial charge in [-0.05, 0) is 80.5 Å². The fourth-order valence-corrected chi connectivity index (χ4v) is 4.52. The number of hydrogen-bond acceptors (Lipinski definition) is 5. The summed E-state index contributed by atoms with van der Waals surface area (Å²) >= 11 is 0. The summed E-state index contributed by atoms with van der Waals surface area (Å²) < 4.78 is 7.24. The standard InChI is InChI=1S/C28H25N3O4/c1-17-5-10-25(35-16-26(32)30-22-7-6-18-3-2-4-19(18)13-22)24(11-17)27(33)21-12-20(14-29)28(34)31(15-21)23-8-9-23/h5-7,10-13,15,23H,2-4,8-9,16H2,1H3,(H,30,32). The van der Waals surface area contributed by atoms with E-state index in [-0.39, 0.29) is 52.3 Å². The highest BCUT2D eigenvalue weighted by atomic mass is 16.5. The van der Waals surface area contributed by atoms with Crippen LogP contribution in [0.25, 0.3) is 0 Å². The van der Waals surface area contributed by atoms with E-state index in [0.29, 0.717) is 0 Å². The van der Waals surface area contributed by atoms with Gasteiger partial charge in [0.15, 0.2) is 12.4 Å². The Morgan fingerprint density at radius 1 is 1.11 bits per heavy atom. The summed E-state index contributed by atoms with van der Waals surface area (Å²) in [7, 11) is 0. The van der Waals surface area contributed by atoms with Gasteiger partial charge in [-0.2, -0.15) is 5.26 Å².